The normalized spacial score (nSPS) is 37.0. The Morgan fingerprint density at radius 3 is 2.86 bits per heavy atom. The zero-order valence-corrected chi connectivity index (χ0v) is 14.0. The molecule has 2 rings (SSSR count). The van der Waals surface area contributed by atoms with Crippen molar-refractivity contribution in [1.29, 1.82) is 5.26 Å². The van der Waals surface area contributed by atoms with Crippen molar-refractivity contribution < 1.29 is 8.42 Å². The van der Waals surface area contributed by atoms with Crippen molar-refractivity contribution in [3.05, 3.63) is 0 Å². The first-order chi connectivity index (χ1) is 9.91. The fourth-order valence-electron chi connectivity index (χ4n) is 3.75. The van der Waals surface area contributed by atoms with Crippen molar-refractivity contribution in [3.63, 3.8) is 0 Å². The Labute approximate surface area is 128 Å². The Bertz CT molecular complexity index is 500. The van der Waals surface area contributed by atoms with Gasteiger partial charge in [-0.1, -0.05) is 6.92 Å². The Balaban J connectivity index is 2.05. The predicted molar refractivity (Wildman–Crippen MR) is 83.7 cm³/mol. The number of hydrogen-bond acceptors (Lipinski definition) is 5. The number of nitrogens with zero attached hydrogens (tertiary/aromatic N) is 2. The summed E-state index contributed by atoms with van der Waals surface area (Å²) in [5.41, 5.74) is -0.422. The smallest absolute Gasteiger partial charge is 0.153 e. The first kappa shape index (κ1) is 16.7. The summed E-state index contributed by atoms with van der Waals surface area (Å²) in [6.07, 6.45) is 4.84. The van der Waals surface area contributed by atoms with E-state index in [-0.39, 0.29) is 17.5 Å². The standard InChI is InChI=1S/C15H27N3O2S/c1-3-7-17-15(12-16)6-4-5-14(10-15)18-8-9-21(19,20)11-13(18)2/h13-14,17H,3-11H2,1-2H3. The molecule has 3 unspecified atom stereocenters. The predicted octanol–water partition coefficient (Wildman–Crippen LogP) is 1.31. The van der Waals surface area contributed by atoms with Gasteiger partial charge in [0.2, 0.25) is 0 Å². The maximum Gasteiger partial charge on any atom is 0.153 e. The largest absolute Gasteiger partial charge is 0.299 e. The molecule has 6 heteroatoms. The van der Waals surface area contributed by atoms with Crippen LogP contribution in [-0.4, -0.2) is 55.5 Å². The molecule has 120 valence electrons. The van der Waals surface area contributed by atoms with Gasteiger partial charge in [0.25, 0.3) is 0 Å². The van der Waals surface area contributed by atoms with E-state index in [1.54, 1.807) is 0 Å². The van der Waals surface area contributed by atoms with Crippen molar-refractivity contribution in [1.82, 2.24) is 10.2 Å². The van der Waals surface area contributed by atoms with Crippen molar-refractivity contribution in [2.24, 2.45) is 0 Å². The van der Waals surface area contributed by atoms with Crippen LogP contribution in [-0.2, 0) is 9.84 Å². The van der Waals surface area contributed by atoms with Crippen molar-refractivity contribution in [2.45, 2.75) is 63.6 Å². The third-order valence-electron chi connectivity index (χ3n) is 4.84. The SMILES string of the molecule is CCCNC1(C#N)CCCC(N2CCS(=O)(=O)CC2C)C1. The minimum Gasteiger partial charge on any atom is -0.299 e. The molecule has 1 saturated heterocycles. The van der Waals surface area contributed by atoms with Crippen LogP contribution in [0.5, 0.6) is 0 Å². The summed E-state index contributed by atoms with van der Waals surface area (Å²) in [5.74, 6) is 0.515. The summed E-state index contributed by atoms with van der Waals surface area (Å²) >= 11 is 0. The number of nitriles is 1. The fraction of sp³-hybridized carbons (Fsp3) is 0.933. The van der Waals surface area contributed by atoms with E-state index in [0.717, 1.165) is 38.6 Å². The Kier molecular flexibility index (Phi) is 5.29. The molecule has 0 spiro atoms. The van der Waals surface area contributed by atoms with E-state index in [0.29, 0.717) is 12.6 Å². The average Bonchev–Trinajstić information content (AvgIpc) is 2.44. The molecule has 0 bridgehead atoms. The minimum absolute atomic E-state index is 0.0643. The van der Waals surface area contributed by atoms with Crippen LogP contribution in [0, 0.1) is 11.3 Å². The topological polar surface area (TPSA) is 73.2 Å². The third-order valence-corrected chi connectivity index (χ3v) is 6.64. The van der Waals surface area contributed by atoms with Gasteiger partial charge in [0.1, 0.15) is 5.54 Å². The van der Waals surface area contributed by atoms with Gasteiger partial charge in [0, 0.05) is 18.6 Å². The van der Waals surface area contributed by atoms with Gasteiger partial charge in [-0.15, -0.1) is 0 Å². The van der Waals surface area contributed by atoms with Gasteiger partial charge in [0.15, 0.2) is 9.84 Å². The molecule has 3 atom stereocenters. The van der Waals surface area contributed by atoms with Crippen LogP contribution < -0.4 is 5.32 Å². The monoisotopic (exact) mass is 313 g/mol. The summed E-state index contributed by atoms with van der Waals surface area (Å²) in [4.78, 5) is 2.32. The van der Waals surface area contributed by atoms with Crippen LogP contribution in [0.3, 0.4) is 0 Å². The lowest BCUT2D eigenvalue weighted by atomic mass is 9.79. The van der Waals surface area contributed by atoms with Gasteiger partial charge >= 0.3 is 0 Å². The van der Waals surface area contributed by atoms with E-state index in [2.05, 4.69) is 23.2 Å². The van der Waals surface area contributed by atoms with E-state index in [1.807, 2.05) is 6.92 Å². The molecule has 0 aromatic rings. The highest BCUT2D eigenvalue weighted by Crippen LogP contribution is 2.33. The van der Waals surface area contributed by atoms with E-state index in [1.165, 1.54) is 0 Å². The lowest BCUT2D eigenvalue weighted by Crippen LogP contribution is -2.57. The van der Waals surface area contributed by atoms with Crippen molar-refractivity contribution in [3.8, 4) is 6.07 Å². The first-order valence-corrected chi connectivity index (χ1v) is 9.86. The highest BCUT2D eigenvalue weighted by Gasteiger charge is 2.41. The molecule has 0 aromatic heterocycles. The number of sulfone groups is 1. The zero-order chi connectivity index (χ0) is 15.5. The van der Waals surface area contributed by atoms with Gasteiger partial charge in [-0.3, -0.25) is 10.2 Å². The van der Waals surface area contributed by atoms with E-state index in [4.69, 9.17) is 0 Å². The second kappa shape index (κ2) is 6.64. The van der Waals surface area contributed by atoms with Crippen molar-refractivity contribution >= 4 is 9.84 Å². The molecule has 0 radical (unpaired) electrons. The molecule has 1 N–H and O–H groups in total. The van der Waals surface area contributed by atoms with Crippen LogP contribution >= 0.6 is 0 Å². The number of rotatable bonds is 4. The van der Waals surface area contributed by atoms with Crippen LogP contribution in [0.15, 0.2) is 0 Å². The third kappa shape index (κ3) is 3.97. The zero-order valence-electron chi connectivity index (χ0n) is 13.1. The fourth-order valence-corrected chi connectivity index (χ4v) is 5.33. The molecular weight excluding hydrogens is 286 g/mol. The second-order valence-electron chi connectivity index (χ2n) is 6.57. The Hall–Kier alpha value is -0.640. The summed E-state index contributed by atoms with van der Waals surface area (Å²) in [6.45, 7) is 5.59. The molecule has 5 nitrogen and oxygen atoms in total. The Morgan fingerprint density at radius 2 is 2.24 bits per heavy atom. The highest BCUT2D eigenvalue weighted by atomic mass is 32.2. The van der Waals surface area contributed by atoms with Crippen LogP contribution in [0.4, 0.5) is 0 Å². The molecule has 2 fully saturated rings. The van der Waals surface area contributed by atoms with E-state index < -0.39 is 15.4 Å². The van der Waals surface area contributed by atoms with Crippen LogP contribution in [0.25, 0.3) is 0 Å². The first-order valence-electron chi connectivity index (χ1n) is 8.04. The lowest BCUT2D eigenvalue weighted by Gasteiger charge is -2.45. The second-order valence-corrected chi connectivity index (χ2v) is 8.80. The molecule has 1 saturated carbocycles. The molecule has 0 aromatic carbocycles. The van der Waals surface area contributed by atoms with Crippen LogP contribution in [0.1, 0.15) is 46.0 Å². The van der Waals surface area contributed by atoms with E-state index >= 15 is 0 Å². The van der Waals surface area contributed by atoms with Crippen LogP contribution in [0.2, 0.25) is 0 Å². The highest BCUT2D eigenvalue weighted by molar-refractivity contribution is 7.91. The summed E-state index contributed by atoms with van der Waals surface area (Å²) in [5, 5.41) is 13.0. The van der Waals surface area contributed by atoms with Gasteiger partial charge in [-0.05, 0) is 45.6 Å². The summed E-state index contributed by atoms with van der Waals surface area (Å²) in [6, 6.07) is 2.89. The summed E-state index contributed by atoms with van der Waals surface area (Å²) in [7, 11) is -2.87. The quantitative estimate of drug-likeness (QED) is 0.847. The lowest BCUT2D eigenvalue weighted by molar-refractivity contribution is 0.0952. The minimum atomic E-state index is -2.87. The molecule has 2 aliphatic rings. The van der Waals surface area contributed by atoms with Gasteiger partial charge < -0.3 is 0 Å². The molecule has 1 aliphatic carbocycles. The Morgan fingerprint density at radius 1 is 1.48 bits per heavy atom. The molecule has 1 heterocycles. The molecule has 0 amide bonds. The maximum atomic E-state index is 11.7. The summed E-state index contributed by atoms with van der Waals surface area (Å²) < 4.78 is 23.4. The van der Waals surface area contributed by atoms with Crippen molar-refractivity contribution in [2.75, 3.05) is 24.6 Å². The van der Waals surface area contributed by atoms with Gasteiger partial charge in [-0.25, -0.2) is 8.42 Å². The van der Waals surface area contributed by atoms with Gasteiger partial charge in [0.05, 0.1) is 17.6 Å². The molecule has 1 aliphatic heterocycles. The molecular formula is C15H27N3O2S. The van der Waals surface area contributed by atoms with E-state index in [9.17, 15) is 13.7 Å². The maximum absolute atomic E-state index is 11.7. The van der Waals surface area contributed by atoms with Gasteiger partial charge in [-0.2, -0.15) is 5.26 Å². The average molecular weight is 313 g/mol. The molecule has 21 heavy (non-hydrogen) atoms. The number of nitrogens with one attached hydrogen (secondary N) is 1. The number of hydrogen-bond donors (Lipinski definition) is 1.